The van der Waals surface area contributed by atoms with Gasteiger partial charge >= 0.3 is 0 Å². The lowest BCUT2D eigenvalue weighted by Crippen LogP contribution is -2.46. The molecule has 5 nitrogen and oxygen atoms in total. The van der Waals surface area contributed by atoms with Crippen molar-refractivity contribution in [2.24, 2.45) is 10.9 Å². The second-order valence-corrected chi connectivity index (χ2v) is 9.50. The molecule has 30 heavy (non-hydrogen) atoms. The monoisotopic (exact) mass is 425 g/mol. The standard InChI is InChI=1S/C24H35N5S/c1-25-24(26-12-15-29-14-11-19-7-3-4-8-21(19)18-29)27-17-20-9-5-13-28(2)23(20)22-10-6-16-30-22/h3-4,6-8,10,16,20,23H,5,9,11-15,17-18H2,1-2H3,(H2,25,26,27). The first-order valence-corrected chi connectivity index (χ1v) is 12.1. The topological polar surface area (TPSA) is 42.9 Å². The zero-order valence-corrected chi connectivity index (χ0v) is 19.1. The van der Waals surface area contributed by atoms with Crippen LogP contribution in [0.5, 0.6) is 0 Å². The summed E-state index contributed by atoms with van der Waals surface area (Å²) in [6.45, 7) is 6.30. The Balaban J connectivity index is 1.24. The Labute approximate surface area is 185 Å². The number of nitrogens with one attached hydrogen (secondary N) is 2. The molecule has 162 valence electrons. The molecule has 2 N–H and O–H groups in total. The Hall–Kier alpha value is -1.89. The maximum absolute atomic E-state index is 4.46. The van der Waals surface area contributed by atoms with Gasteiger partial charge in [-0.05, 0) is 61.3 Å². The number of piperidine rings is 1. The number of thiophene rings is 1. The van der Waals surface area contributed by atoms with E-state index in [4.69, 9.17) is 0 Å². The van der Waals surface area contributed by atoms with Gasteiger partial charge in [0.05, 0.1) is 0 Å². The summed E-state index contributed by atoms with van der Waals surface area (Å²) in [6.07, 6.45) is 3.69. The van der Waals surface area contributed by atoms with Crippen LogP contribution in [-0.2, 0) is 13.0 Å². The van der Waals surface area contributed by atoms with Crippen LogP contribution < -0.4 is 10.6 Å². The third kappa shape index (κ3) is 5.23. The van der Waals surface area contributed by atoms with Crippen molar-refractivity contribution in [3.63, 3.8) is 0 Å². The highest BCUT2D eigenvalue weighted by molar-refractivity contribution is 7.10. The van der Waals surface area contributed by atoms with Crippen molar-refractivity contribution in [1.29, 1.82) is 0 Å². The predicted octanol–water partition coefficient (Wildman–Crippen LogP) is 3.35. The van der Waals surface area contributed by atoms with E-state index in [9.17, 15) is 0 Å². The number of guanidine groups is 1. The van der Waals surface area contributed by atoms with Gasteiger partial charge in [-0.25, -0.2) is 0 Å². The molecular formula is C24H35N5S. The normalized spacial score (nSPS) is 23.2. The molecular weight excluding hydrogens is 390 g/mol. The number of benzene rings is 1. The fourth-order valence-electron chi connectivity index (χ4n) is 4.91. The van der Waals surface area contributed by atoms with Crippen LogP contribution in [0.4, 0.5) is 0 Å². The third-order valence-electron chi connectivity index (χ3n) is 6.53. The third-order valence-corrected chi connectivity index (χ3v) is 7.47. The summed E-state index contributed by atoms with van der Waals surface area (Å²) in [5.41, 5.74) is 2.99. The van der Waals surface area contributed by atoms with Crippen LogP contribution in [0.15, 0.2) is 46.8 Å². The molecule has 6 heteroatoms. The fourth-order valence-corrected chi connectivity index (χ4v) is 5.89. The van der Waals surface area contributed by atoms with Gasteiger partial charge in [0.1, 0.15) is 0 Å². The highest BCUT2D eigenvalue weighted by atomic mass is 32.1. The molecule has 2 aromatic rings. The van der Waals surface area contributed by atoms with Crippen LogP contribution in [-0.4, -0.2) is 62.6 Å². The van der Waals surface area contributed by atoms with Crippen molar-refractivity contribution < 1.29 is 0 Å². The number of nitrogens with zero attached hydrogens (tertiary/aromatic N) is 3. The van der Waals surface area contributed by atoms with Crippen LogP contribution in [0, 0.1) is 5.92 Å². The molecule has 4 rings (SSSR count). The maximum Gasteiger partial charge on any atom is 0.191 e. The molecule has 0 spiro atoms. The molecule has 2 atom stereocenters. The number of rotatable bonds is 6. The lowest BCUT2D eigenvalue weighted by Gasteiger charge is -2.39. The summed E-state index contributed by atoms with van der Waals surface area (Å²) >= 11 is 1.88. The highest BCUT2D eigenvalue weighted by Gasteiger charge is 2.31. The smallest absolute Gasteiger partial charge is 0.191 e. The van der Waals surface area contributed by atoms with Crippen LogP contribution in [0.25, 0.3) is 0 Å². The summed E-state index contributed by atoms with van der Waals surface area (Å²) in [7, 11) is 4.14. The number of hydrogen-bond donors (Lipinski definition) is 2. The largest absolute Gasteiger partial charge is 0.356 e. The molecule has 0 saturated carbocycles. The Morgan fingerprint density at radius 2 is 2.00 bits per heavy atom. The minimum Gasteiger partial charge on any atom is -0.356 e. The molecule has 0 radical (unpaired) electrons. The van der Waals surface area contributed by atoms with Crippen LogP contribution in [0.3, 0.4) is 0 Å². The van der Waals surface area contributed by atoms with E-state index >= 15 is 0 Å². The maximum atomic E-state index is 4.46. The Kier molecular flexibility index (Phi) is 7.42. The predicted molar refractivity (Wildman–Crippen MR) is 127 cm³/mol. The SMILES string of the molecule is CN=C(NCCN1CCc2ccccc2C1)NCC1CCCN(C)C1c1cccs1. The Morgan fingerprint density at radius 1 is 1.13 bits per heavy atom. The first-order chi connectivity index (χ1) is 14.7. The van der Waals surface area contributed by atoms with Gasteiger partial charge in [0, 0.05) is 50.7 Å². The number of hydrogen-bond acceptors (Lipinski definition) is 4. The number of aliphatic imine (C=N–C) groups is 1. The van der Waals surface area contributed by atoms with Gasteiger partial charge in [-0.1, -0.05) is 30.3 Å². The molecule has 1 aromatic carbocycles. The fraction of sp³-hybridized carbons (Fsp3) is 0.542. The Morgan fingerprint density at radius 3 is 2.80 bits per heavy atom. The van der Waals surface area contributed by atoms with E-state index in [-0.39, 0.29) is 0 Å². The number of fused-ring (bicyclic) bond motifs is 1. The minimum atomic E-state index is 0.512. The summed E-state index contributed by atoms with van der Waals surface area (Å²) in [5, 5.41) is 9.33. The summed E-state index contributed by atoms with van der Waals surface area (Å²) in [6, 6.07) is 13.8. The molecule has 2 unspecified atom stereocenters. The van der Waals surface area contributed by atoms with Crippen LogP contribution in [0.1, 0.15) is 34.9 Å². The van der Waals surface area contributed by atoms with E-state index in [0.717, 1.165) is 45.1 Å². The average Bonchev–Trinajstić information content (AvgIpc) is 3.30. The van der Waals surface area contributed by atoms with Gasteiger partial charge in [0.15, 0.2) is 5.96 Å². The van der Waals surface area contributed by atoms with Crippen molar-refractivity contribution >= 4 is 17.3 Å². The molecule has 1 aromatic heterocycles. The lowest BCUT2D eigenvalue weighted by atomic mass is 9.88. The summed E-state index contributed by atoms with van der Waals surface area (Å²) < 4.78 is 0. The molecule has 0 bridgehead atoms. The Bertz CT molecular complexity index is 819. The molecule has 0 amide bonds. The van der Waals surface area contributed by atoms with Crippen molar-refractivity contribution in [2.45, 2.75) is 31.8 Å². The van der Waals surface area contributed by atoms with Crippen molar-refractivity contribution in [3.8, 4) is 0 Å². The van der Waals surface area contributed by atoms with Crippen molar-refractivity contribution in [2.75, 3.05) is 46.8 Å². The molecule has 1 fully saturated rings. The number of likely N-dealkylation sites (tertiary alicyclic amines) is 1. The van der Waals surface area contributed by atoms with Crippen LogP contribution in [0.2, 0.25) is 0 Å². The van der Waals surface area contributed by atoms with Crippen LogP contribution >= 0.6 is 11.3 Å². The molecule has 2 aliphatic heterocycles. The second kappa shape index (κ2) is 10.4. The quantitative estimate of drug-likeness (QED) is 0.550. The van der Waals surface area contributed by atoms with Gasteiger partial charge in [-0.2, -0.15) is 0 Å². The molecule has 1 saturated heterocycles. The van der Waals surface area contributed by atoms with Gasteiger partial charge in [0.25, 0.3) is 0 Å². The van der Waals surface area contributed by atoms with Gasteiger partial charge in [-0.15, -0.1) is 11.3 Å². The van der Waals surface area contributed by atoms with E-state index in [1.807, 2.05) is 18.4 Å². The van der Waals surface area contributed by atoms with Gasteiger partial charge in [-0.3, -0.25) is 14.8 Å². The molecule has 3 heterocycles. The zero-order chi connectivity index (χ0) is 20.8. The van der Waals surface area contributed by atoms with Crippen molar-refractivity contribution in [1.82, 2.24) is 20.4 Å². The first-order valence-electron chi connectivity index (χ1n) is 11.2. The summed E-state index contributed by atoms with van der Waals surface area (Å²) in [5.74, 6) is 1.53. The molecule has 0 aliphatic carbocycles. The van der Waals surface area contributed by atoms with Gasteiger partial charge < -0.3 is 10.6 Å². The summed E-state index contributed by atoms with van der Waals surface area (Å²) in [4.78, 5) is 11.0. The highest BCUT2D eigenvalue weighted by Crippen LogP contribution is 2.36. The second-order valence-electron chi connectivity index (χ2n) is 8.52. The van der Waals surface area contributed by atoms with Crippen molar-refractivity contribution in [3.05, 3.63) is 57.8 Å². The van der Waals surface area contributed by atoms with E-state index in [1.54, 1.807) is 0 Å². The minimum absolute atomic E-state index is 0.512. The zero-order valence-electron chi connectivity index (χ0n) is 18.3. The van der Waals surface area contributed by atoms with Gasteiger partial charge in [0.2, 0.25) is 0 Å². The molecule has 2 aliphatic rings. The van der Waals surface area contributed by atoms with E-state index in [2.05, 4.69) is 74.3 Å². The first kappa shape index (κ1) is 21.3. The van der Waals surface area contributed by atoms with E-state index < -0.39 is 0 Å². The van der Waals surface area contributed by atoms with E-state index in [0.29, 0.717) is 12.0 Å². The lowest BCUT2D eigenvalue weighted by molar-refractivity contribution is 0.125. The average molecular weight is 426 g/mol. The van der Waals surface area contributed by atoms with E-state index in [1.165, 1.54) is 35.4 Å².